The summed E-state index contributed by atoms with van der Waals surface area (Å²) in [6, 6.07) is 7.83. The minimum absolute atomic E-state index is 0.127. The third-order valence-electron chi connectivity index (χ3n) is 2.56. The highest BCUT2D eigenvalue weighted by Gasteiger charge is 2.10. The van der Waals surface area contributed by atoms with Crippen LogP contribution in [0.1, 0.15) is 12.2 Å². The number of aryl methyl sites for hydroxylation is 1. The molecule has 0 aliphatic heterocycles. The first-order valence-electron chi connectivity index (χ1n) is 5.37. The van der Waals surface area contributed by atoms with E-state index in [2.05, 4.69) is 4.98 Å². The molecule has 2 rings (SSSR count). The van der Waals surface area contributed by atoms with Crippen molar-refractivity contribution in [3.8, 4) is 0 Å². The van der Waals surface area contributed by atoms with Crippen molar-refractivity contribution in [2.45, 2.75) is 18.7 Å². The maximum atomic E-state index is 10.7. The summed E-state index contributed by atoms with van der Waals surface area (Å²) in [5, 5.41) is 8.77. The van der Waals surface area contributed by atoms with Crippen LogP contribution in [0.4, 0.5) is 0 Å². The number of para-hydroxylation sites is 2. The predicted molar refractivity (Wildman–Crippen MR) is 69.2 cm³/mol. The Bertz CT molecular complexity index is 536. The minimum Gasteiger partial charge on any atom is -0.481 e. The Morgan fingerprint density at radius 2 is 2.24 bits per heavy atom. The number of thioether (sulfide) groups is 1. The van der Waals surface area contributed by atoms with Crippen LogP contribution >= 0.6 is 11.8 Å². The summed E-state index contributed by atoms with van der Waals surface area (Å²) in [5.41, 5.74) is 1.94. The number of imidazole rings is 1. The van der Waals surface area contributed by atoms with Gasteiger partial charge in [0.2, 0.25) is 0 Å². The van der Waals surface area contributed by atoms with Crippen molar-refractivity contribution in [3.63, 3.8) is 0 Å². The largest absolute Gasteiger partial charge is 0.481 e. The lowest BCUT2D eigenvalue weighted by Gasteiger charge is -2.06. The van der Waals surface area contributed by atoms with Gasteiger partial charge in [0.1, 0.15) is 5.82 Å². The first-order chi connectivity index (χ1) is 8.22. The zero-order chi connectivity index (χ0) is 12.3. The first kappa shape index (κ1) is 12.0. The quantitative estimate of drug-likeness (QED) is 0.885. The Morgan fingerprint density at radius 3 is 2.94 bits per heavy atom. The molecule has 1 aromatic heterocycles. The molecule has 4 nitrogen and oxygen atoms in total. The molecular formula is C12H14N2O2S. The SMILES string of the molecule is CSCc1nc2ccccc2n1CCC(=O)O. The van der Waals surface area contributed by atoms with Crippen molar-refractivity contribution >= 4 is 28.8 Å². The third kappa shape index (κ3) is 2.61. The van der Waals surface area contributed by atoms with Gasteiger partial charge in [-0.25, -0.2) is 4.98 Å². The van der Waals surface area contributed by atoms with Gasteiger partial charge >= 0.3 is 5.97 Å². The van der Waals surface area contributed by atoms with Gasteiger partial charge in [-0.2, -0.15) is 11.8 Å². The molecule has 0 unspecified atom stereocenters. The molecule has 0 atom stereocenters. The fourth-order valence-electron chi connectivity index (χ4n) is 1.82. The summed E-state index contributed by atoms with van der Waals surface area (Å²) in [5.74, 6) is 0.965. The van der Waals surface area contributed by atoms with Gasteiger partial charge in [-0.15, -0.1) is 0 Å². The number of fused-ring (bicyclic) bond motifs is 1. The Balaban J connectivity index is 2.40. The molecule has 1 N–H and O–H groups in total. The number of carbonyl (C=O) groups is 1. The van der Waals surface area contributed by atoms with Crippen molar-refractivity contribution in [2.24, 2.45) is 0 Å². The number of carboxylic acid groups (broad SMARTS) is 1. The Kier molecular flexibility index (Phi) is 3.68. The number of hydrogen-bond donors (Lipinski definition) is 1. The van der Waals surface area contributed by atoms with Crippen molar-refractivity contribution < 1.29 is 9.90 Å². The topological polar surface area (TPSA) is 55.1 Å². The smallest absolute Gasteiger partial charge is 0.305 e. The van der Waals surface area contributed by atoms with E-state index in [1.54, 1.807) is 11.8 Å². The summed E-state index contributed by atoms with van der Waals surface area (Å²) in [6.07, 6.45) is 2.14. The molecule has 0 aliphatic rings. The molecule has 0 radical (unpaired) electrons. The van der Waals surface area contributed by atoms with Crippen LogP contribution in [0, 0.1) is 0 Å². The van der Waals surface area contributed by atoms with Crippen molar-refractivity contribution in [1.82, 2.24) is 9.55 Å². The van der Waals surface area contributed by atoms with Crippen LogP contribution in [-0.4, -0.2) is 26.9 Å². The standard InChI is InChI=1S/C12H14N2O2S/c1-17-8-11-13-9-4-2-3-5-10(9)14(11)7-6-12(15)16/h2-5H,6-8H2,1H3,(H,15,16). The number of nitrogens with zero attached hydrogens (tertiary/aromatic N) is 2. The van der Waals surface area contributed by atoms with Crippen LogP contribution in [0.5, 0.6) is 0 Å². The number of aliphatic carboxylic acids is 1. The lowest BCUT2D eigenvalue weighted by atomic mass is 10.3. The molecule has 2 aromatic rings. The van der Waals surface area contributed by atoms with Gasteiger partial charge in [-0.05, 0) is 18.4 Å². The van der Waals surface area contributed by atoms with Gasteiger partial charge < -0.3 is 9.67 Å². The Labute approximate surface area is 104 Å². The molecule has 0 saturated heterocycles. The van der Waals surface area contributed by atoms with E-state index in [0.717, 1.165) is 22.6 Å². The minimum atomic E-state index is -0.780. The fourth-order valence-corrected chi connectivity index (χ4v) is 2.30. The molecule has 1 aromatic carbocycles. The molecule has 5 heteroatoms. The number of carboxylic acids is 1. The Morgan fingerprint density at radius 1 is 1.47 bits per heavy atom. The van der Waals surface area contributed by atoms with E-state index in [0.29, 0.717) is 6.54 Å². The van der Waals surface area contributed by atoms with E-state index >= 15 is 0 Å². The third-order valence-corrected chi connectivity index (χ3v) is 3.10. The van der Waals surface area contributed by atoms with Gasteiger partial charge in [0, 0.05) is 6.54 Å². The van der Waals surface area contributed by atoms with Crippen LogP contribution < -0.4 is 0 Å². The normalized spacial score (nSPS) is 10.9. The lowest BCUT2D eigenvalue weighted by Crippen LogP contribution is -2.07. The van der Waals surface area contributed by atoms with Crippen molar-refractivity contribution in [3.05, 3.63) is 30.1 Å². The van der Waals surface area contributed by atoms with Crippen LogP contribution in [0.25, 0.3) is 11.0 Å². The molecule has 17 heavy (non-hydrogen) atoms. The summed E-state index contributed by atoms with van der Waals surface area (Å²) < 4.78 is 2.00. The van der Waals surface area contributed by atoms with Gasteiger partial charge in [0.05, 0.1) is 23.2 Å². The van der Waals surface area contributed by atoms with E-state index in [9.17, 15) is 4.79 Å². The van der Waals surface area contributed by atoms with E-state index in [1.807, 2.05) is 35.1 Å². The van der Waals surface area contributed by atoms with Crippen LogP contribution in [0.15, 0.2) is 24.3 Å². The van der Waals surface area contributed by atoms with E-state index in [-0.39, 0.29) is 6.42 Å². The molecule has 0 fully saturated rings. The van der Waals surface area contributed by atoms with Gasteiger partial charge in [-0.3, -0.25) is 4.79 Å². The van der Waals surface area contributed by atoms with Crippen molar-refractivity contribution in [2.75, 3.05) is 6.26 Å². The average molecular weight is 250 g/mol. The predicted octanol–water partition coefficient (Wildman–Crippen LogP) is 2.37. The first-order valence-corrected chi connectivity index (χ1v) is 6.76. The van der Waals surface area contributed by atoms with Crippen LogP contribution in [-0.2, 0) is 17.1 Å². The van der Waals surface area contributed by atoms with E-state index < -0.39 is 5.97 Å². The second kappa shape index (κ2) is 5.23. The molecule has 0 amide bonds. The number of benzene rings is 1. The average Bonchev–Trinajstić information content (AvgIpc) is 2.64. The molecule has 90 valence electrons. The second-order valence-electron chi connectivity index (χ2n) is 3.75. The second-order valence-corrected chi connectivity index (χ2v) is 4.61. The maximum absolute atomic E-state index is 10.7. The maximum Gasteiger partial charge on any atom is 0.305 e. The summed E-state index contributed by atoms with van der Waals surface area (Å²) in [7, 11) is 0. The van der Waals surface area contributed by atoms with Crippen LogP contribution in [0.2, 0.25) is 0 Å². The number of rotatable bonds is 5. The van der Waals surface area contributed by atoms with Crippen LogP contribution in [0.3, 0.4) is 0 Å². The molecule has 0 saturated carbocycles. The number of aromatic nitrogens is 2. The van der Waals surface area contributed by atoms with Crippen molar-refractivity contribution in [1.29, 1.82) is 0 Å². The van der Waals surface area contributed by atoms with Gasteiger partial charge in [0.15, 0.2) is 0 Å². The Hall–Kier alpha value is -1.49. The monoisotopic (exact) mass is 250 g/mol. The summed E-state index contributed by atoms with van der Waals surface area (Å²) in [4.78, 5) is 15.2. The molecule has 0 spiro atoms. The molecule has 1 heterocycles. The highest BCUT2D eigenvalue weighted by atomic mass is 32.2. The molecule has 0 aliphatic carbocycles. The van der Waals surface area contributed by atoms with Gasteiger partial charge in [-0.1, -0.05) is 12.1 Å². The summed E-state index contributed by atoms with van der Waals surface area (Å²) >= 11 is 1.69. The highest BCUT2D eigenvalue weighted by molar-refractivity contribution is 7.97. The molecular weight excluding hydrogens is 236 g/mol. The summed E-state index contributed by atoms with van der Waals surface area (Å²) in [6.45, 7) is 0.478. The van der Waals surface area contributed by atoms with Gasteiger partial charge in [0.25, 0.3) is 0 Å². The zero-order valence-electron chi connectivity index (χ0n) is 9.59. The highest BCUT2D eigenvalue weighted by Crippen LogP contribution is 2.19. The molecule has 0 bridgehead atoms. The lowest BCUT2D eigenvalue weighted by molar-refractivity contribution is -0.137. The number of hydrogen-bond acceptors (Lipinski definition) is 3. The van der Waals surface area contributed by atoms with E-state index in [1.165, 1.54) is 0 Å². The van der Waals surface area contributed by atoms with E-state index in [4.69, 9.17) is 5.11 Å². The zero-order valence-corrected chi connectivity index (χ0v) is 10.4. The fraction of sp³-hybridized carbons (Fsp3) is 0.333.